The third-order valence-corrected chi connectivity index (χ3v) is 3.52. The molecule has 0 aliphatic carbocycles. The first-order valence-electron chi connectivity index (χ1n) is 7.91. The van der Waals surface area contributed by atoms with E-state index in [2.05, 4.69) is 22.5 Å². The molecule has 1 amide bonds. The number of carbonyl (C=O) groups is 1. The summed E-state index contributed by atoms with van der Waals surface area (Å²) in [5, 5.41) is 6.04. The number of nitrogens with one attached hydrogen (secondary N) is 2. The number of aromatic nitrogens is 1. The van der Waals surface area contributed by atoms with Gasteiger partial charge in [-0.15, -0.1) is 0 Å². The molecule has 0 aliphatic rings. The minimum Gasteiger partial charge on any atom is -0.497 e. The highest BCUT2D eigenvalue weighted by Crippen LogP contribution is 2.29. The van der Waals surface area contributed by atoms with Gasteiger partial charge in [0, 0.05) is 18.8 Å². The number of carbonyl (C=O) groups excluding carboxylic acids is 1. The predicted octanol–water partition coefficient (Wildman–Crippen LogP) is 3.56. The molecule has 0 spiro atoms. The van der Waals surface area contributed by atoms with Gasteiger partial charge in [-0.05, 0) is 30.7 Å². The quantitative estimate of drug-likeness (QED) is 0.725. The summed E-state index contributed by atoms with van der Waals surface area (Å²) in [6, 6.07) is 8.77. The molecule has 0 bridgehead atoms. The molecule has 6 heteroatoms. The van der Waals surface area contributed by atoms with E-state index in [4.69, 9.17) is 9.47 Å². The van der Waals surface area contributed by atoms with E-state index >= 15 is 0 Å². The molecule has 2 rings (SSSR count). The number of methoxy groups -OCH3 is 2. The first kappa shape index (κ1) is 17.6. The number of hydrogen-bond acceptors (Lipinski definition) is 5. The highest BCUT2D eigenvalue weighted by atomic mass is 16.5. The first-order chi connectivity index (χ1) is 11.7. The van der Waals surface area contributed by atoms with Crippen molar-refractivity contribution in [1.82, 2.24) is 4.98 Å². The van der Waals surface area contributed by atoms with Crippen LogP contribution in [-0.4, -0.2) is 31.7 Å². The third-order valence-electron chi connectivity index (χ3n) is 3.52. The molecule has 6 nitrogen and oxygen atoms in total. The maximum absolute atomic E-state index is 12.4. The number of ether oxygens (including phenoxy) is 2. The van der Waals surface area contributed by atoms with Crippen molar-refractivity contribution in [2.45, 2.75) is 19.8 Å². The van der Waals surface area contributed by atoms with Crippen LogP contribution >= 0.6 is 0 Å². The van der Waals surface area contributed by atoms with Crippen molar-refractivity contribution in [3.63, 3.8) is 0 Å². The molecule has 0 fully saturated rings. The van der Waals surface area contributed by atoms with Crippen molar-refractivity contribution in [3.05, 3.63) is 42.1 Å². The van der Waals surface area contributed by atoms with E-state index in [9.17, 15) is 4.79 Å². The highest BCUT2D eigenvalue weighted by Gasteiger charge is 2.11. The van der Waals surface area contributed by atoms with Gasteiger partial charge in [-0.25, -0.2) is 4.98 Å². The molecule has 1 heterocycles. The summed E-state index contributed by atoms with van der Waals surface area (Å²) in [6.07, 6.45) is 3.76. The minimum absolute atomic E-state index is 0.255. The Hall–Kier alpha value is -2.76. The maximum atomic E-state index is 12.4. The van der Waals surface area contributed by atoms with Crippen LogP contribution in [0, 0.1) is 0 Å². The Kier molecular flexibility index (Phi) is 6.42. The van der Waals surface area contributed by atoms with E-state index in [-0.39, 0.29) is 5.91 Å². The number of anilines is 2. The van der Waals surface area contributed by atoms with E-state index in [0.717, 1.165) is 25.2 Å². The lowest BCUT2D eigenvalue weighted by atomic mass is 10.2. The summed E-state index contributed by atoms with van der Waals surface area (Å²) >= 11 is 0. The molecule has 0 radical (unpaired) electrons. The van der Waals surface area contributed by atoms with Crippen LogP contribution in [0.2, 0.25) is 0 Å². The zero-order valence-corrected chi connectivity index (χ0v) is 14.3. The van der Waals surface area contributed by atoms with Crippen LogP contribution in [-0.2, 0) is 0 Å². The molecule has 24 heavy (non-hydrogen) atoms. The monoisotopic (exact) mass is 329 g/mol. The lowest BCUT2D eigenvalue weighted by molar-refractivity contribution is 0.102. The van der Waals surface area contributed by atoms with Crippen molar-refractivity contribution in [3.8, 4) is 11.5 Å². The van der Waals surface area contributed by atoms with Crippen LogP contribution in [0.25, 0.3) is 0 Å². The minimum atomic E-state index is -0.255. The maximum Gasteiger partial charge on any atom is 0.257 e. The SMILES string of the molecule is CCCCNc1ccc(C(=O)Nc2cc(OC)ccc2OC)cn1. The number of hydrogen-bond donors (Lipinski definition) is 2. The number of pyridine rings is 1. The topological polar surface area (TPSA) is 72.5 Å². The Morgan fingerprint density at radius 3 is 2.62 bits per heavy atom. The lowest BCUT2D eigenvalue weighted by Crippen LogP contribution is -2.13. The van der Waals surface area contributed by atoms with Gasteiger partial charge in [0.25, 0.3) is 5.91 Å². The van der Waals surface area contributed by atoms with Gasteiger partial charge in [0.1, 0.15) is 17.3 Å². The molecule has 0 saturated carbocycles. The second kappa shape index (κ2) is 8.76. The van der Waals surface area contributed by atoms with Crippen LogP contribution in [0.4, 0.5) is 11.5 Å². The number of benzene rings is 1. The molecular weight excluding hydrogens is 306 g/mol. The predicted molar refractivity (Wildman–Crippen MR) is 95.1 cm³/mol. The average Bonchev–Trinajstić information content (AvgIpc) is 2.62. The molecule has 1 aromatic carbocycles. The summed E-state index contributed by atoms with van der Waals surface area (Å²) in [6.45, 7) is 3.01. The van der Waals surface area contributed by atoms with Gasteiger partial charge in [-0.3, -0.25) is 4.79 Å². The van der Waals surface area contributed by atoms with Gasteiger partial charge in [-0.2, -0.15) is 0 Å². The summed E-state index contributed by atoms with van der Waals surface area (Å²) in [4.78, 5) is 16.6. The molecule has 1 aromatic heterocycles. The number of amides is 1. The Bertz CT molecular complexity index is 672. The molecule has 0 aliphatic heterocycles. The standard InChI is InChI=1S/C18H23N3O3/c1-4-5-10-19-17-9-6-13(12-20-17)18(22)21-15-11-14(23-2)7-8-16(15)24-3/h6-9,11-12H,4-5,10H2,1-3H3,(H,19,20)(H,21,22). The Morgan fingerprint density at radius 1 is 1.17 bits per heavy atom. The third kappa shape index (κ3) is 4.62. The van der Waals surface area contributed by atoms with E-state index in [0.29, 0.717) is 22.7 Å². The molecule has 2 N–H and O–H groups in total. The van der Waals surface area contributed by atoms with Gasteiger partial charge >= 0.3 is 0 Å². The Labute approximate surface area is 142 Å². The fourth-order valence-corrected chi connectivity index (χ4v) is 2.13. The summed E-state index contributed by atoms with van der Waals surface area (Å²) in [5.41, 5.74) is 1.02. The van der Waals surface area contributed by atoms with Crippen LogP contribution < -0.4 is 20.1 Å². The molecular formula is C18H23N3O3. The fourth-order valence-electron chi connectivity index (χ4n) is 2.13. The van der Waals surface area contributed by atoms with Crippen LogP contribution in [0.5, 0.6) is 11.5 Å². The first-order valence-corrected chi connectivity index (χ1v) is 7.91. The zero-order valence-electron chi connectivity index (χ0n) is 14.3. The normalized spacial score (nSPS) is 10.1. The lowest BCUT2D eigenvalue weighted by Gasteiger charge is -2.12. The summed E-state index contributed by atoms with van der Waals surface area (Å²) in [5.74, 6) is 1.71. The summed E-state index contributed by atoms with van der Waals surface area (Å²) < 4.78 is 10.4. The molecule has 2 aromatic rings. The molecule has 0 unspecified atom stereocenters. The van der Waals surface area contributed by atoms with E-state index in [1.807, 2.05) is 0 Å². The van der Waals surface area contributed by atoms with Gasteiger partial charge in [0.15, 0.2) is 0 Å². The van der Waals surface area contributed by atoms with Crippen molar-refractivity contribution >= 4 is 17.4 Å². The smallest absolute Gasteiger partial charge is 0.257 e. The second-order valence-corrected chi connectivity index (χ2v) is 5.23. The Morgan fingerprint density at radius 2 is 2.00 bits per heavy atom. The van der Waals surface area contributed by atoms with Crippen LogP contribution in [0.3, 0.4) is 0 Å². The highest BCUT2D eigenvalue weighted by molar-refractivity contribution is 6.05. The van der Waals surface area contributed by atoms with Gasteiger partial charge in [0.05, 0.1) is 25.5 Å². The van der Waals surface area contributed by atoms with E-state index in [1.54, 1.807) is 50.7 Å². The fraction of sp³-hybridized carbons (Fsp3) is 0.333. The molecule has 0 atom stereocenters. The largest absolute Gasteiger partial charge is 0.497 e. The van der Waals surface area contributed by atoms with Crippen LogP contribution in [0.15, 0.2) is 36.5 Å². The van der Waals surface area contributed by atoms with E-state index in [1.165, 1.54) is 0 Å². The number of nitrogens with zero attached hydrogens (tertiary/aromatic N) is 1. The zero-order chi connectivity index (χ0) is 17.4. The van der Waals surface area contributed by atoms with E-state index < -0.39 is 0 Å². The number of unbranched alkanes of at least 4 members (excludes halogenated alkanes) is 1. The second-order valence-electron chi connectivity index (χ2n) is 5.23. The van der Waals surface area contributed by atoms with Gasteiger partial charge in [-0.1, -0.05) is 13.3 Å². The number of rotatable bonds is 8. The summed E-state index contributed by atoms with van der Waals surface area (Å²) in [7, 11) is 3.12. The van der Waals surface area contributed by atoms with Gasteiger partial charge < -0.3 is 20.1 Å². The van der Waals surface area contributed by atoms with Crippen molar-refractivity contribution in [2.24, 2.45) is 0 Å². The van der Waals surface area contributed by atoms with Gasteiger partial charge in [0.2, 0.25) is 0 Å². The average molecular weight is 329 g/mol. The van der Waals surface area contributed by atoms with Crippen molar-refractivity contribution < 1.29 is 14.3 Å². The van der Waals surface area contributed by atoms with Crippen molar-refractivity contribution in [1.29, 1.82) is 0 Å². The van der Waals surface area contributed by atoms with Crippen molar-refractivity contribution in [2.75, 3.05) is 31.4 Å². The molecule has 128 valence electrons. The van der Waals surface area contributed by atoms with Crippen LogP contribution in [0.1, 0.15) is 30.1 Å². The Balaban J connectivity index is 2.06. The molecule has 0 saturated heterocycles.